The van der Waals surface area contributed by atoms with E-state index in [1.165, 1.54) is 6.07 Å². The zero-order valence-corrected chi connectivity index (χ0v) is 6.66. The van der Waals surface area contributed by atoms with Crippen molar-refractivity contribution in [2.45, 2.75) is 6.92 Å². The van der Waals surface area contributed by atoms with E-state index in [9.17, 15) is 4.79 Å². The van der Waals surface area contributed by atoms with E-state index in [2.05, 4.69) is 5.92 Å². The van der Waals surface area contributed by atoms with E-state index in [1.807, 2.05) is 6.92 Å². The Kier molecular flexibility index (Phi) is 2.16. The first kappa shape index (κ1) is 8.35. The molecule has 0 aliphatic heterocycles. The summed E-state index contributed by atoms with van der Waals surface area (Å²) < 4.78 is 0. The number of rotatable bonds is 1. The minimum absolute atomic E-state index is 0.230. The normalized spacial score (nSPS) is 9.00. The Morgan fingerprint density at radius 2 is 2.25 bits per heavy atom. The minimum atomic E-state index is -0.952. The number of aromatic carboxylic acids is 1. The molecule has 0 fully saturated rings. The number of carboxylic acids is 1. The third-order valence-corrected chi connectivity index (χ3v) is 1.64. The van der Waals surface area contributed by atoms with Crippen molar-refractivity contribution >= 4 is 5.97 Å². The molecule has 0 saturated heterocycles. The summed E-state index contributed by atoms with van der Waals surface area (Å²) in [4.78, 5) is 10.5. The highest BCUT2D eigenvalue weighted by Crippen LogP contribution is 2.09. The molecule has 1 aromatic rings. The predicted octanol–water partition coefficient (Wildman–Crippen LogP) is 1.67. The van der Waals surface area contributed by atoms with Crippen LogP contribution < -0.4 is 0 Å². The monoisotopic (exact) mass is 160 g/mol. The van der Waals surface area contributed by atoms with Crippen molar-refractivity contribution in [1.29, 1.82) is 0 Å². The molecule has 0 saturated carbocycles. The summed E-state index contributed by atoms with van der Waals surface area (Å²) in [6.45, 7) is 1.85. The highest BCUT2D eigenvalue weighted by Gasteiger charge is 2.03. The van der Waals surface area contributed by atoms with Gasteiger partial charge in [0.1, 0.15) is 0 Å². The molecule has 2 heteroatoms. The van der Waals surface area contributed by atoms with E-state index in [4.69, 9.17) is 11.5 Å². The van der Waals surface area contributed by atoms with Crippen LogP contribution in [0.1, 0.15) is 21.5 Å². The van der Waals surface area contributed by atoms with Crippen LogP contribution in [-0.2, 0) is 0 Å². The third-order valence-electron chi connectivity index (χ3n) is 1.64. The second-order valence-electron chi connectivity index (χ2n) is 2.48. The number of carbonyl (C=O) groups is 1. The molecule has 0 aliphatic carbocycles. The van der Waals surface area contributed by atoms with Gasteiger partial charge >= 0.3 is 5.97 Å². The van der Waals surface area contributed by atoms with Crippen molar-refractivity contribution in [3.63, 3.8) is 0 Å². The van der Waals surface area contributed by atoms with Crippen molar-refractivity contribution < 1.29 is 9.90 Å². The van der Waals surface area contributed by atoms with Gasteiger partial charge in [-0.3, -0.25) is 0 Å². The topological polar surface area (TPSA) is 37.3 Å². The maximum atomic E-state index is 10.5. The van der Waals surface area contributed by atoms with Crippen molar-refractivity contribution in [2.24, 2.45) is 0 Å². The molecule has 1 aromatic carbocycles. The second kappa shape index (κ2) is 3.10. The lowest BCUT2D eigenvalue weighted by molar-refractivity contribution is 0.0697. The first-order chi connectivity index (χ1) is 5.65. The number of carboxylic acid groups (broad SMARTS) is 1. The Bertz CT molecular complexity index is 359. The molecule has 0 aliphatic rings. The molecular formula is C10H8O2. The molecule has 0 radical (unpaired) electrons. The smallest absolute Gasteiger partial charge is 0.335 e. The van der Waals surface area contributed by atoms with Crippen LogP contribution in [0.5, 0.6) is 0 Å². The lowest BCUT2D eigenvalue weighted by Gasteiger charge is -1.99. The van der Waals surface area contributed by atoms with Gasteiger partial charge in [-0.05, 0) is 24.6 Å². The van der Waals surface area contributed by atoms with Gasteiger partial charge in [0.05, 0.1) is 5.56 Å². The van der Waals surface area contributed by atoms with Crippen molar-refractivity contribution in [1.82, 2.24) is 0 Å². The van der Waals surface area contributed by atoms with Crippen LogP contribution >= 0.6 is 0 Å². The van der Waals surface area contributed by atoms with Crippen LogP contribution in [0.2, 0.25) is 0 Å². The third kappa shape index (κ3) is 1.46. The summed E-state index contributed by atoms with van der Waals surface area (Å²) in [5.41, 5.74) is 1.78. The second-order valence-corrected chi connectivity index (χ2v) is 2.48. The summed E-state index contributed by atoms with van der Waals surface area (Å²) in [5, 5.41) is 8.63. The fourth-order valence-corrected chi connectivity index (χ4v) is 0.911. The van der Waals surface area contributed by atoms with Crippen molar-refractivity contribution in [2.75, 3.05) is 0 Å². The lowest BCUT2D eigenvalue weighted by Crippen LogP contribution is -1.97. The molecule has 2 nitrogen and oxygen atoms in total. The fourth-order valence-electron chi connectivity index (χ4n) is 0.911. The Morgan fingerprint density at radius 3 is 2.75 bits per heavy atom. The summed E-state index contributed by atoms with van der Waals surface area (Å²) in [5.74, 6) is 1.47. The van der Waals surface area contributed by atoms with Crippen LogP contribution in [0.4, 0.5) is 0 Å². The summed E-state index contributed by atoms with van der Waals surface area (Å²) >= 11 is 0. The molecule has 60 valence electrons. The maximum Gasteiger partial charge on any atom is 0.335 e. The van der Waals surface area contributed by atoms with Gasteiger partial charge in [0.15, 0.2) is 0 Å². The van der Waals surface area contributed by atoms with Gasteiger partial charge in [-0.25, -0.2) is 4.79 Å². The highest BCUT2D eigenvalue weighted by atomic mass is 16.4. The van der Waals surface area contributed by atoms with Crippen LogP contribution in [0.3, 0.4) is 0 Å². The number of benzene rings is 1. The van der Waals surface area contributed by atoms with E-state index in [-0.39, 0.29) is 5.56 Å². The molecule has 0 aromatic heterocycles. The van der Waals surface area contributed by atoms with E-state index < -0.39 is 5.97 Å². The molecule has 0 atom stereocenters. The van der Waals surface area contributed by atoms with E-state index >= 15 is 0 Å². The summed E-state index contributed by atoms with van der Waals surface area (Å²) in [7, 11) is 0. The molecule has 0 heterocycles. The quantitative estimate of drug-likeness (QED) is 0.634. The first-order valence-corrected chi connectivity index (χ1v) is 3.45. The Morgan fingerprint density at radius 1 is 1.58 bits per heavy atom. The molecule has 0 amide bonds. The largest absolute Gasteiger partial charge is 0.478 e. The number of terminal acetylenes is 1. The van der Waals surface area contributed by atoms with E-state index in [0.717, 1.165) is 5.56 Å². The number of aryl methyl sites for hydroxylation is 1. The van der Waals surface area contributed by atoms with E-state index in [1.54, 1.807) is 12.1 Å². The van der Waals surface area contributed by atoms with Crippen LogP contribution in [-0.4, -0.2) is 11.1 Å². The van der Waals surface area contributed by atoms with Gasteiger partial charge < -0.3 is 5.11 Å². The first-order valence-electron chi connectivity index (χ1n) is 3.45. The number of hydrogen-bond acceptors (Lipinski definition) is 1. The van der Waals surface area contributed by atoms with Gasteiger partial charge in [0, 0.05) is 5.56 Å². The lowest BCUT2D eigenvalue weighted by atomic mass is 10.1. The zero-order valence-electron chi connectivity index (χ0n) is 6.66. The summed E-state index contributed by atoms with van der Waals surface area (Å²) in [6, 6.07) is 4.74. The van der Waals surface area contributed by atoms with Gasteiger partial charge in [-0.1, -0.05) is 12.0 Å². The van der Waals surface area contributed by atoms with Gasteiger partial charge in [0.2, 0.25) is 0 Å². The molecular weight excluding hydrogens is 152 g/mol. The van der Waals surface area contributed by atoms with Gasteiger partial charge in [-0.2, -0.15) is 0 Å². The highest BCUT2D eigenvalue weighted by molar-refractivity contribution is 5.88. The van der Waals surface area contributed by atoms with Crippen molar-refractivity contribution in [3.8, 4) is 12.3 Å². The Labute approximate surface area is 70.8 Å². The SMILES string of the molecule is C#Cc1cc(C(=O)O)ccc1C. The van der Waals surface area contributed by atoms with Gasteiger partial charge in [0.25, 0.3) is 0 Å². The zero-order chi connectivity index (χ0) is 9.14. The van der Waals surface area contributed by atoms with Crippen molar-refractivity contribution in [3.05, 3.63) is 34.9 Å². The van der Waals surface area contributed by atoms with Crippen LogP contribution in [0, 0.1) is 19.3 Å². The fraction of sp³-hybridized carbons (Fsp3) is 0.100. The molecule has 0 spiro atoms. The Hall–Kier alpha value is -1.75. The molecule has 0 bridgehead atoms. The van der Waals surface area contributed by atoms with Crippen LogP contribution in [0.25, 0.3) is 0 Å². The Balaban J connectivity index is 3.25. The molecule has 12 heavy (non-hydrogen) atoms. The van der Waals surface area contributed by atoms with E-state index in [0.29, 0.717) is 5.56 Å². The number of hydrogen-bond donors (Lipinski definition) is 1. The van der Waals surface area contributed by atoms with Crippen LogP contribution in [0.15, 0.2) is 18.2 Å². The predicted molar refractivity (Wildman–Crippen MR) is 46.1 cm³/mol. The van der Waals surface area contributed by atoms with Gasteiger partial charge in [-0.15, -0.1) is 6.42 Å². The molecule has 0 unspecified atom stereocenters. The standard InChI is InChI=1S/C10H8O2/c1-3-8-6-9(10(11)12)5-4-7(8)2/h1,4-6H,2H3,(H,11,12). The molecule has 1 N–H and O–H groups in total. The average Bonchev–Trinajstić information content (AvgIpc) is 2.05. The maximum absolute atomic E-state index is 10.5. The minimum Gasteiger partial charge on any atom is -0.478 e. The average molecular weight is 160 g/mol. The summed E-state index contributed by atoms with van der Waals surface area (Å²) in [6.07, 6.45) is 5.18. The molecule has 1 rings (SSSR count).